The molecule has 4 heteroatoms. The molecule has 0 aliphatic carbocycles. The minimum absolute atomic E-state index is 0.0510. The van der Waals surface area contributed by atoms with Crippen molar-refractivity contribution >= 4 is 17.5 Å². The van der Waals surface area contributed by atoms with Crippen LogP contribution in [0.5, 0.6) is 0 Å². The third-order valence-electron chi connectivity index (χ3n) is 4.02. The fourth-order valence-corrected chi connectivity index (χ4v) is 3.10. The lowest BCUT2D eigenvalue weighted by Gasteiger charge is -2.30. The summed E-state index contributed by atoms with van der Waals surface area (Å²) in [6.07, 6.45) is 4.03. The summed E-state index contributed by atoms with van der Waals surface area (Å²) in [5.74, 6) is 0.865. The first-order valence-corrected chi connectivity index (χ1v) is 8.25. The van der Waals surface area contributed by atoms with Gasteiger partial charge in [-0.2, -0.15) is 0 Å². The molecule has 0 bridgehead atoms. The van der Waals surface area contributed by atoms with Crippen molar-refractivity contribution in [3.8, 4) is 0 Å². The molecule has 1 N–H and O–H groups in total. The van der Waals surface area contributed by atoms with Gasteiger partial charge in [-0.3, -0.25) is 4.79 Å². The van der Waals surface area contributed by atoms with Crippen LogP contribution in [0.3, 0.4) is 0 Å². The quantitative estimate of drug-likeness (QED) is 0.819. The normalized spacial score (nSPS) is 19.4. The van der Waals surface area contributed by atoms with Crippen LogP contribution < -0.4 is 5.32 Å². The lowest BCUT2D eigenvalue weighted by atomic mass is 10.0. The van der Waals surface area contributed by atoms with Crippen LogP contribution in [0.15, 0.2) is 24.3 Å². The summed E-state index contributed by atoms with van der Waals surface area (Å²) < 4.78 is 0. The highest BCUT2D eigenvalue weighted by molar-refractivity contribution is 6.31. The van der Waals surface area contributed by atoms with E-state index in [4.69, 9.17) is 11.6 Å². The smallest absolute Gasteiger partial charge is 0.224 e. The molecule has 1 heterocycles. The van der Waals surface area contributed by atoms with E-state index in [0.29, 0.717) is 11.4 Å². The molecule has 1 aliphatic heterocycles. The van der Waals surface area contributed by atoms with Crippen molar-refractivity contribution in [2.45, 2.75) is 32.6 Å². The van der Waals surface area contributed by atoms with Crippen LogP contribution in [0.4, 0.5) is 0 Å². The number of halogens is 1. The lowest BCUT2D eigenvalue weighted by Crippen LogP contribution is -2.36. The molecule has 1 aromatic rings. The van der Waals surface area contributed by atoms with Gasteiger partial charge in [-0.1, -0.05) is 36.7 Å². The molecule has 0 unspecified atom stereocenters. The minimum atomic E-state index is 0.0510. The van der Waals surface area contributed by atoms with E-state index < -0.39 is 0 Å². The topological polar surface area (TPSA) is 32.3 Å². The summed E-state index contributed by atoms with van der Waals surface area (Å²) in [5.41, 5.74) is 0.890. The summed E-state index contributed by atoms with van der Waals surface area (Å²) in [6, 6.07) is 7.51. The Morgan fingerprint density at radius 2 is 2.24 bits per heavy atom. The second kappa shape index (κ2) is 8.40. The van der Waals surface area contributed by atoms with Crippen LogP contribution in [0.1, 0.15) is 31.7 Å². The molecule has 1 atom stereocenters. The van der Waals surface area contributed by atoms with Gasteiger partial charge in [0.1, 0.15) is 0 Å². The van der Waals surface area contributed by atoms with E-state index in [-0.39, 0.29) is 5.91 Å². The van der Waals surface area contributed by atoms with Gasteiger partial charge in [0.05, 0.1) is 6.42 Å². The van der Waals surface area contributed by atoms with E-state index in [2.05, 4.69) is 17.1 Å². The molecule has 1 fully saturated rings. The van der Waals surface area contributed by atoms with Crippen molar-refractivity contribution in [3.05, 3.63) is 34.9 Å². The standard InChI is InChI=1S/C17H25ClN2O/c1-14-6-4-10-20(13-14)11-5-9-19-17(21)12-15-7-2-3-8-16(15)18/h2-3,7-8,14H,4-6,9-13H2,1H3,(H,19,21)/t14-/m0/s1. The molecule has 0 spiro atoms. The Bertz CT molecular complexity index is 464. The summed E-state index contributed by atoms with van der Waals surface area (Å²) >= 11 is 6.06. The molecule has 1 aliphatic rings. The highest BCUT2D eigenvalue weighted by Crippen LogP contribution is 2.16. The number of piperidine rings is 1. The summed E-state index contributed by atoms with van der Waals surface area (Å²) in [6.45, 7) is 6.55. The molecule has 1 amide bonds. The predicted molar refractivity (Wildman–Crippen MR) is 87.6 cm³/mol. The van der Waals surface area contributed by atoms with Gasteiger partial charge in [-0.05, 0) is 49.9 Å². The molecule has 0 saturated carbocycles. The molecular formula is C17H25ClN2O. The lowest BCUT2D eigenvalue weighted by molar-refractivity contribution is -0.120. The Labute approximate surface area is 132 Å². The summed E-state index contributed by atoms with van der Waals surface area (Å²) in [5, 5.41) is 3.65. The van der Waals surface area contributed by atoms with Gasteiger partial charge in [-0.15, -0.1) is 0 Å². The van der Waals surface area contributed by atoms with Gasteiger partial charge < -0.3 is 10.2 Å². The number of rotatable bonds is 6. The van der Waals surface area contributed by atoms with Crippen LogP contribution in [0.2, 0.25) is 5.02 Å². The maximum atomic E-state index is 11.9. The van der Waals surface area contributed by atoms with Crippen LogP contribution in [-0.4, -0.2) is 37.0 Å². The molecule has 2 rings (SSSR count). The van der Waals surface area contributed by atoms with Gasteiger partial charge in [0.25, 0.3) is 0 Å². The maximum absolute atomic E-state index is 11.9. The fourth-order valence-electron chi connectivity index (χ4n) is 2.90. The maximum Gasteiger partial charge on any atom is 0.224 e. The Morgan fingerprint density at radius 1 is 1.43 bits per heavy atom. The fraction of sp³-hybridized carbons (Fsp3) is 0.588. The van der Waals surface area contributed by atoms with E-state index in [9.17, 15) is 4.79 Å². The number of hydrogen-bond donors (Lipinski definition) is 1. The van der Waals surface area contributed by atoms with Gasteiger partial charge >= 0.3 is 0 Å². The minimum Gasteiger partial charge on any atom is -0.356 e. The number of nitrogens with zero attached hydrogens (tertiary/aromatic N) is 1. The SMILES string of the molecule is C[C@H]1CCCN(CCCNC(=O)Cc2ccccc2Cl)C1. The Hall–Kier alpha value is -1.06. The molecule has 21 heavy (non-hydrogen) atoms. The molecule has 3 nitrogen and oxygen atoms in total. The zero-order valence-corrected chi connectivity index (χ0v) is 13.5. The summed E-state index contributed by atoms with van der Waals surface area (Å²) in [4.78, 5) is 14.4. The van der Waals surface area contributed by atoms with Crippen LogP contribution in [0, 0.1) is 5.92 Å². The first-order chi connectivity index (χ1) is 10.1. The summed E-state index contributed by atoms with van der Waals surface area (Å²) in [7, 11) is 0. The first kappa shape index (κ1) is 16.3. The number of benzene rings is 1. The number of carbonyl (C=O) groups is 1. The number of amides is 1. The molecule has 1 saturated heterocycles. The second-order valence-electron chi connectivity index (χ2n) is 6.02. The largest absolute Gasteiger partial charge is 0.356 e. The number of carbonyl (C=O) groups excluding carboxylic acids is 1. The number of hydrogen-bond acceptors (Lipinski definition) is 2. The van der Waals surface area contributed by atoms with Gasteiger partial charge in [-0.25, -0.2) is 0 Å². The molecule has 116 valence electrons. The Morgan fingerprint density at radius 3 is 3.00 bits per heavy atom. The highest BCUT2D eigenvalue weighted by Gasteiger charge is 2.15. The molecule has 0 radical (unpaired) electrons. The van der Waals surface area contributed by atoms with Crippen LogP contribution >= 0.6 is 11.6 Å². The number of likely N-dealkylation sites (tertiary alicyclic amines) is 1. The van der Waals surface area contributed by atoms with Crippen molar-refractivity contribution in [1.29, 1.82) is 0 Å². The zero-order valence-electron chi connectivity index (χ0n) is 12.8. The predicted octanol–water partition coefficient (Wildman–Crippen LogP) is 3.12. The Balaban J connectivity index is 1.62. The molecule has 1 aromatic carbocycles. The zero-order chi connectivity index (χ0) is 15.1. The van der Waals surface area contributed by atoms with Gasteiger partial charge in [0, 0.05) is 18.1 Å². The van der Waals surface area contributed by atoms with Crippen molar-refractivity contribution < 1.29 is 4.79 Å². The van der Waals surface area contributed by atoms with Gasteiger partial charge in [0.2, 0.25) is 5.91 Å². The Kier molecular flexibility index (Phi) is 6.52. The van der Waals surface area contributed by atoms with Crippen molar-refractivity contribution in [1.82, 2.24) is 10.2 Å². The highest BCUT2D eigenvalue weighted by atomic mass is 35.5. The third-order valence-corrected chi connectivity index (χ3v) is 4.39. The first-order valence-electron chi connectivity index (χ1n) is 7.87. The monoisotopic (exact) mass is 308 g/mol. The van der Waals surface area contributed by atoms with Crippen LogP contribution in [0.25, 0.3) is 0 Å². The van der Waals surface area contributed by atoms with E-state index in [0.717, 1.165) is 31.0 Å². The van der Waals surface area contributed by atoms with Crippen molar-refractivity contribution in [2.24, 2.45) is 5.92 Å². The molecular weight excluding hydrogens is 284 g/mol. The van der Waals surface area contributed by atoms with E-state index in [1.807, 2.05) is 24.3 Å². The average Bonchev–Trinajstić information content (AvgIpc) is 2.46. The van der Waals surface area contributed by atoms with Crippen molar-refractivity contribution in [3.63, 3.8) is 0 Å². The molecule has 0 aromatic heterocycles. The van der Waals surface area contributed by atoms with Gasteiger partial charge in [0.15, 0.2) is 0 Å². The average molecular weight is 309 g/mol. The second-order valence-corrected chi connectivity index (χ2v) is 6.43. The van der Waals surface area contributed by atoms with E-state index in [1.165, 1.54) is 25.9 Å². The van der Waals surface area contributed by atoms with Crippen molar-refractivity contribution in [2.75, 3.05) is 26.2 Å². The van der Waals surface area contributed by atoms with E-state index in [1.54, 1.807) is 0 Å². The third kappa shape index (κ3) is 5.68. The van der Waals surface area contributed by atoms with E-state index >= 15 is 0 Å². The number of nitrogens with one attached hydrogen (secondary N) is 1. The van der Waals surface area contributed by atoms with Crippen LogP contribution in [-0.2, 0) is 11.2 Å².